The van der Waals surface area contributed by atoms with Crippen molar-refractivity contribution in [3.8, 4) is 0 Å². The van der Waals surface area contributed by atoms with Crippen molar-refractivity contribution in [2.24, 2.45) is 11.7 Å². The molecule has 0 aliphatic rings. The van der Waals surface area contributed by atoms with E-state index in [0.717, 1.165) is 0 Å². The van der Waals surface area contributed by atoms with Gasteiger partial charge in [0.15, 0.2) is 0 Å². The molecule has 20 heavy (non-hydrogen) atoms. The number of benzene rings is 1. The van der Waals surface area contributed by atoms with Crippen molar-refractivity contribution >= 4 is 23.4 Å². The van der Waals surface area contributed by atoms with Gasteiger partial charge in [0.05, 0.1) is 11.4 Å². The quantitative estimate of drug-likeness (QED) is 0.793. The molecule has 1 atom stereocenters. The molecule has 0 fully saturated rings. The molecule has 0 saturated heterocycles. The van der Waals surface area contributed by atoms with Crippen molar-refractivity contribution in [2.75, 3.05) is 17.6 Å². The smallest absolute Gasteiger partial charge is 0.330 e. The van der Waals surface area contributed by atoms with Crippen LogP contribution in [0.2, 0.25) is 0 Å². The second-order valence-corrected chi connectivity index (χ2v) is 5.51. The SMILES string of the molecule is CC(CN)CC(=O)Nc1ccccc1SCC(F)(F)F. The molecule has 1 unspecified atom stereocenters. The van der Waals surface area contributed by atoms with Crippen LogP contribution in [0.4, 0.5) is 18.9 Å². The van der Waals surface area contributed by atoms with Gasteiger partial charge in [0.25, 0.3) is 0 Å². The summed E-state index contributed by atoms with van der Waals surface area (Å²) >= 11 is 0.656. The van der Waals surface area contributed by atoms with Crippen molar-refractivity contribution in [3.63, 3.8) is 0 Å². The van der Waals surface area contributed by atoms with Crippen LogP contribution in [0, 0.1) is 5.92 Å². The van der Waals surface area contributed by atoms with Crippen LogP contribution in [0.1, 0.15) is 13.3 Å². The third-order valence-corrected chi connectivity index (χ3v) is 3.63. The molecule has 0 saturated carbocycles. The van der Waals surface area contributed by atoms with Gasteiger partial charge in [0.1, 0.15) is 0 Å². The van der Waals surface area contributed by atoms with Crippen LogP contribution in [0.3, 0.4) is 0 Å². The predicted molar refractivity (Wildman–Crippen MR) is 74.7 cm³/mol. The minimum Gasteiger partial charge on any atom is -0.330 e. The number of amides is 1. The van der Waals surface area contributed by atoms with Gasteiger partial charge in [-0.1, -0.05) is 19.1 Å². The first kappa shape index (κ1) is 16.8. The Morgan fingerprint density at radius 3 is 2.65 bits per heavy atom. The van der Waals surface area contributed by atoms with E-state index >= 15 is 0 Å². The molecule has 0 aromatic heterocycles. The van der Waals surface area contributed by atoms with Crippen LogP contribution in [0.5, 0.6) is 0 Å². The van der Waals surface area contributed by atoms with Crippen molar-refractivity contribution in [1.82, 2.24) is 0 Å². The number of para-hydroxylation sites is 1. The maximum atomic E-state index is 12.2. The molecular weight excluding hydrogens is 289 g/mol. The topological polar surface area (TPSA) is 55.1 Å². The monoisotopic (exact) mass is 306 g/mol. The molecule has 7 heteroatoms. The van der Waals surface area contributed by atoms with E-state index in [1.54, 1.807) is 24.3 Å². The Balaban J connectivity index is 2.68. The van der Waals surface area contributed by atoms with Gasteiger partial charge in [-0.3, -0.25) is 4.79 Å². The number of nitrogens with one attached hydrogen (secondary N) is 1. The maximum absolute atomic E-state index is 12.2. The molecular formula is C13H17F3N2OS. The average molecular weight is 306 g/mol. The van der Waals surface area contributed by atoms with Gasteiger partial charge in [-0.25, -0.2) is 0 Å². The van der Waals surface area contributed by atoms with E-state index < -0.39 is 11.9 Å². The number of hydrogen-bond donors (Lipinski definition) is 2. The zero-order valence-corrected chi connectivity index (χ0v) is 11.9. The zero-order chi connectivity index (χ0) is 15.2. The summed E-state index contributed by atoms with van der Waals surface area (Å²) < 4.78 is 36.7. The molecule has 0 heterocycles. The fourth-order valence-electron chi connectivity index (χ4n) is 1.46. The Morgan fingerprint density at radius 1 is 1.40 bits per heavy atom. The molecule has 1 aromatic rings. The number of rotatable bonds is 6. The molecule has 3 nitrogen and oxygen atoms in total. The van der Waals surface area contributed by atoms with Crippen molar-refractivity contribution < 1.29 is 18.0 Å². The number of halogens is 3. The molecule has 1 rings (SSSR count). The molecule has 0 radical (unpaired) electrons. The molecule has 1 aromatic carbocycles. The first-order valence-corrected chi connectivity index (χ1v) is 7.09. The number of alkyl halides is 3. The van der Waals surface area contributed by atoms with Gasteiger partial charge in [-0.2, -0.15) is 13.2 Å². The Labute approximate surface area is 120 Å². The average Bonchev–Trinajstić information content (AvgIpc) is 2.36. The highest BCUT2D eigenvalue weighted by molar-refractivity contribution is 7.99. The van der Waals surface area contributed by atoms with E-state index in [4.69, 9.17) is 5.73 Å². The molecule has 1 amide bonds. The summed E-state index contributed by atoms with van der Waals surface area (Å²) in [4.78, 5) is 12.1. The van der Waals surface area contributed by atoms with Crippen LogP contribution in [0.25, 0.3) is 0 Å². The van der Waals surface area contributed by atoms with Gasteiger partial charge in [-0.05, 0) is 24.6 Å². The number of anilines is 1. The van der Waals surface area contributed by atoms with E-state index in [-0.39, 0.29) is 18.2 Å². The highest BCUT2D eigenvalue weighted by Crippen LogP contribution is 2.32. The van der Waals surface area contributed by atoms with Gasteiger partial charge in [0.2, 0.25) is 5.91 Å². The Morgan fingerprint density at radius 2 is 2.05 bits per heavy atom. The third-order valence-electron chi connectivity index (χ3n) is 2.49. The van der Waals surface area contributed by atoms with E-state index in [1.807, 2.05) is 6.92 Å². The number of hydrogen-bond acceptors (Lipinski definition) is 3. The summed E-state index contributed by atoms with van der Waals surface area (Å²) in [6, 6.07) is 6.44. The largest absolute Gasteiger partial charge is 0.398 e. The normalized spacial score (nSPS) is 13.1. The van der Waals surface area contributed by atoms with Crippen LogP contribution >= 0.6 is 11.8 Å². The van der Waals surface area contributed by atoms with E-state index in [9.17, 15) is 18.0 Å². The van der Waals surface area contributed by atoms with Crippen molar-refractivity contribution in [2.45, 2.75) is 24.4 Å². The lowest BCUT2D eigenvalue weighted by Gasteiger charge is -2.13. The summed E-state index contributed by atoms with van der Waals surface area (Å²) in [6.07, 6.45) is -4.00. The molecule has 0 spiro atoms. The number of carbonyl (C=O) groups excluding carboxylic acids is 1. The lowest BCUT2D eigenvalue weighted by Crippen LogP contribution is -2.20. The molecule has 112 valence electrons. The fraction of sp³-hybridized carbons (Fsp3) is 0.462. The van der Waals surface area contributed by atoms with Gasteiger partial charge in [0, 0.05) is 11.3 Å². The molecule has 0 aliphatic heterocycles. The van der Waals surface area contributed by atoms with Crippen LogP contribution in [-0.2, 0) is 4.79 Å². The minimum absolute atomic E-state index is 0.0324. The maximum Gasteiger partial charge on any atom is 0.398 e. The zero-order valence-electron chi connectivity index (χ0n) is 11.0. The molecule has 3 N–H and O–H groups in total. The number of thioether (sulfide) groups is 1. The Kier molecular flexibility index (Phi) is 6.35. The van der Waals surface area contributed by atoms with E-state index in [2.05, 4.69) is 5.32 Å². The summed E-state index contributed by atoms with van der Waals surface area (Å²) in [7, 11) is 0. The summed E-state index contributed by atoms with van der Waals surface area (Å²) in [5.74, 6) is -1.20. The highest BCUT2D eigenvalue weighted by Gasteiger charge is 2.27. The summed E-state index contributed by atoms with van der Waals surface area (Å²) in [5, 5.41) is 2.63. The fourth-order valence-corrected chi connectivity index (χ4v) is 2.22. The number of nitrogens with two attached hydrogens (primary N) is 1. The second kappa shape index (κ2) is 7.54. The third kappa shape index (κ3) is 6.29. The van der Waals surface area contributed by atoms with Gasteiger partial charge < -0.3 is 11.1 Å². The standard InChI is InChI=1S/C13H17F3N2OS/c1-9(7-17)6-12(19)18-10-4-2-3-5-11(10)20-8-13(14,15)16/h2-5,9H,6-8,17H2,1H3,(H,18,19). The summed E-state index contributed by atoms with van der Waals surface area (Å²) in [5.41, 5.74) is 5.83. The van der Waals surface area contributed by atoms with Gasteiger partial charge in [-0.15, -0.1) is 11.8 Å². The molecule has 0 aliphatic carbocycles. The van der Waals surface area contributed by atoms with E-state index in [1.165, 1.54) is 0 Å². The Hall–Kier alpha value is -1.21. The highest BCUT2D eigenvalue weighted by atomic mass is 32.2. The van der Waals surface area contributed by atoms with Crippen LogP contribution in [0.15, 0.2) is 29.2 Å². The Bertz CT molecular complexity index is 451. The second-order valence-electron chi connectivity index (χ2n) is 4.49. The van der Waals surface area contributed by atoms with E-state index in [0.29, 0.717) is 28.9 Å². The summed E-state index contributed by atoms with van der Waals surface area (Å²) in [6.45, 7) is 2.22. The minimum atomic E-state index is -4.24. The lowest BCUT2D eigenvalue weighted by atomic mass is 10.1. The van der Waals surface area contributed by atoms with Gasteiger partial charge >= 0.3 is 6.18 Å². The van der Waals surface area contributed by atoms with Crippen molar-refractivity contribution in [3.05, 3.63) is 24.3 Å². The van der Waals surface area contributed by atoms with Crippen molar-refractivity contribution in [1.29, 1.82) is 0 Å². The first-order valence-electron chi connectivity index (χ1n) is 6.10. The molecule has 0 bridgehead atoms. The number of carbonyl (C=O) groups is 1. The van der Waals surface area contributed by atoms with Crippen LogP contribution in [-0.4, -0.2) is 24.4 Å². The lowest BCUT2D eigenvalue weighted by molar-refractivity contribution is -0.117. The predicted octanol–water partition coefficient (Wildman–Crippen LogP) is 3.26. The first-order chi connectivity index (χ1) is 9.31. The van der Waals surface area contributed by atoms with Crippen LogP contribution < -0.4 is 11.1 Å².